The summed E-state index contributed by atoms with van der Waals surface area (Å²) in [6.07, 6.45) is 3.58. The molecule has 0 radical (unpaired) electrons. The van der Waals surface area contributed by atoms with Crippen molar-refractivity contribution >= 4 is 22.5 Å². The minimum Gasteiger partial charge on any atom is -0.433 e. The van der Waals surface area contributed by atoms with Crippen LogP contribution >= 0.6 is 0 Å². The number of ketones is 1. The van der Waals surface area contributed by atoms with Gasteiger partial charge in [-0.1, -0.05) is 12.1 Å². The number of anilines is 1. The van der Waals surface area contributed by atoms with E-state index in [1.807, 2.05) is 30.1 Å². The zero-order chi connectivity index (χ0) is 30.7. The van der Waals surface area contributed by atoms with Gasteiger partial charge in [-0.25, -0.2) is 22.8 Å². The molecule has 0 saturated carbocycles. The number of benzene rings is 2. The van der Waals surface area contributed by atoms with E-state index in [1.54, 1.807) is 6.92 Å². The van der Waals surface area contributed by atoms with Crippen LogP contribution in [0.4, 0.5) is 19.0 Å². The molecular weight excluding hydrogens is 571 g/mol. The zero-order valence-corrected chi connectivity index (χ0v) is 24.2. The lowest BCUT2D eigenvalue weighted by atomic mass is 9.92. The van der Waals surface area contributed by atoms with Crippen molar-refractivity contribution in [2.45, 2.75) is 25.6 Å². The summed E-state index contributed by atoms with van der Waals surface area (Å²) in [5, 5.41) is 5.30. The molecule has 2 aromatic carbocycles. The molecule has 9 nitrogen and oxygen atoms in total. The number of hydrogen-bond acceptors (Lipinski definition) is 7. The van der Waals surface area contributed by atoms with Crippen LogP contribution < -0.4 is 10.5 Å². The monoisotopic (exact) mass is 601 g/mol. The number of pyridine rings is 1. The van der Waals surface area contributed by atoms with Crippen molar-refractivity contribution in [2.24, 2.45) is 0 Å². The van der Waals surface area contributed by atoms with Gasteiger partial charge in [-0.05, 0) is 61.3 Å². The normalized spacial score (nSPS) is 16.6. The minimum atomic E-state index is -1.15. The van der Waals surface area contributed by atoms with Crippen LogP contribution in [-0.4, -0.2) is 74.2 Å². The van der Waals surface area contributed by atoms with E-state index >= 15 is 0 Å². The van der Waals surface area contributed by atoms with E-state index in [1.165, 1.54) is 29.2 Å². The number of para-hydroxylation sites is 1. The number of alkyl halides is 1. The smallest absolute Gasteiger partial charge is 0.219 e. The van der Waals surface area contributed by atoms with Crippen molar-refractivity contribution in [3.8, 4) is 17.3 Å². The van der Waals surface area contributed by atoms with Crippen LogP contribution in [0.25, 0.3) is 16.6 Å². The Balaban J connectivity index is 1.11. The summed E-state index contributed by atoms with van der Waals surface area (Å²) < 4.78 is 49.7. The summed E-state index contributed by atoms with van der Waals surface area (Å²) in [7, 11) is 1.93. The highest BCUT2D eigenvalue weighted by Gasteiger charge is 2.43. The number of aromatic nitrogens is 4. The summed E-state index contributed by atoms with van der Waals surface area (Å²) in [4.78, 5) is 25.2. The van der Waals surface area contributed by atoms with Crippen molar-refractivity contribution in [1.82, 2.24) is 29.5 Å². The predicted molar refractivity (Wildman–Crippen MR) is 159 cm³/mol. The molecule has 0 unspecified atom stereocenters. The maximum absolute atomic E-state index is 14.9. The molecule has 2 aliphatic heterocycles. The molecule has 3 aromatic heterocycles. The fourth-order valence-electron chi connectivity index (χ4n) is 6.38. The number of aryl methyl sites for hydroxylation is 1. The largest absolute Gasteiger partial charge is 0.433 e. The van der Waals surface area contributed by atoms with E-state index in [4.69, 9.17) is 10.5 Å². The van der Waals surface area contributed by atoms with Gasteiger partial charge in [0.05, 0.1) is 29.3 Å². The summed E-state index contributed by atoms with van der Waals surface area (Å²) in [5.41, 5.74) is 10.1. The van der Waals surface area contributed by atoms with E-state index in [9.17, 15) is 18.0 Å². The van der Waals surface area contributed by atoms with Crippen molar-refractivity contribution in [2.75, 3.05) is 39.0 Å². The Kier molecular flexibility index (Phi) is 6.70. The van der Waals surface area contributed by atoms with Crippen LogP contribution in [-0.2, 0) is 13.0 Å². The van der Waals surface area contributed by atoms with E-state index < -0.39 is 23.1 Å². The molecular formula is C32H30F3N7O2. The van der Waals surface area contributed by atoms with E-state index in [-0.39, 0.29) is 23.0 Å². The number of fused-ring (bicyclic) bond motifs is 3. The molecule has 226 valence electrons. The molecule has 5 aromatic rings. The number of rotatable bonds is 7. The third-order valence-electron chi connectivity index (χ3n) is 8.41. The second kappa shape index (κ2) is 10.5. The number of nitrogens with zero attached hydrogens (tertiary/aromatic N) is 5. The molecule has 1 saturated heterocycles. The number of aromatic amines is 1. The van der Waals surface area contributed by atoms with Crippen molar-refractivity contribution in [3.63, 3.8) is 0 Å². The van der Waals surface area contributed by atoms with Gasteiger partial charge < -0.3 is 15.5 Å². The van der Waals surface area contributed by atoms with E-state index in [0.717, 1.165) is 47.1 Å². The van der Waals surface area contributed by atoms with Gasteiger partial charge in [0.15, 0.2) is 11.6 Å². The number of hydrogen-bond donors (Lipinski definition) is 2. The highest BCUT2D eigenvalue weighted by atomic mass is 19.1. The second-order valence-electron chi connectivity index (χ2n) is 11.8. The van der Waals surface area contributed by atoms with Crippen molar-refractivity contribution in [3.05, 3.63) is 94.4 Å². The number of nitrogens with one attached hydrogen (secondary N) is 1. The van der Waals surface area contributed by atoms with Gasteiger partial charge in [-0.15, -0.1) is 0 Å². The molecule has 0 atom stereocenters. The second-order valence-corrected chi connectivity index (χ2v) is 11.8. The molecule has 0 amide bonds. The van der Waals surface area contributed by atoms with Crippen LogP contribution in [0.3, 0.4) is 0 Å². The van der Waals surface area contributed by atoms with Gasteiger partial charge in [0.2, 0.25) is 17.4 Å². The Bertz CT molecular complexity index is 1910. The van der Waals surface area contributed by atoms with Gasteiger partial charge in [-0.3, -0.25) is 14.6 Å². The lowest BCUT2D eigenvalue weighted by Gasteiger charge is -2.45. The van der Waals surface area contributed by atoms with Gasteiger partial charge in [0, 0.05) is 49.7 Å². The number of carbonyl (C=O) groups excluding carboxylic acids is 1. The summed E-state index contributed by atoms with van der Waals surface area (Å²) in [6, 6.07) is 10.8. The lowest BCUT2D eigenvalue weighted by molar-refractivity contribution is -0.0421. The lowest BCUT2D eigenvalue weighted by Crippen LogP contribution is -2.62. The number of halogens is 3. The van der Waals surface area contributed by atoms with E-state index in [2.05, 4.69) is 20.0 Å². The zero-order valence-electron chi connectivity index (χ0n) is 24.2. The minimum absolute atomic E-state index is 0.0124. The standard InChI is InChI=1S/C32H30F3N7O2/c1-18-10-28(44-30-23(33)4-3-5-24(30)34)37-13-27(18)42-31(36)22(12-38-42)29(43)26-11-21-20-8-9-41(17-32(35)15-40(2)16-32)14-19(20)6-7-25(21)39-26/h3-7,10-13,39H,8-9,14-17,36H2,1-2H3. The Morgan fingerprint density at radius 2 is 1.91 bits per heavy atom. The molecule has 0 bridgehead atoms. The molecule has 3 N–H and O–H groups in total. The Morgan fingerprint density at radius 1 is 1.14 bits per heavy atom. The topological polar surface area (TPSA) is 105 Å². The average molecular weight is 602 g/mol. The highest BCUT2D eigenvalue weighted by Crippen LogP contribution is 2.33. The quantitative estimate of drug-likeness (QED) is 0.254. The summed E-state index contributed by atoms with van der Waals surface area (Å²) >= 11 is 0. The molecule has 44 heavy (non-hydrogen) atoms. The Hall–Kier alpha value is -4.68. The SMILES string of the molecule is Cc1cc(Oc2c(F)cccc2F)ncc1-n1ncc(C(=O)c2cc3c4c(ccc3[nH]2)CN(CC2(F)CN(C)C2)CC4)c1N. The average Bonchev–Trinajstić information content (AvgIpc) is 3.58. The van der Waals surface area contributed by atoms with Crippen LogP contribution in [0.2, 0.25) is 0 Å². The van der Waals surface area contributed by atoms with E-state index in [0.29, 0.717) is 43.1 Å². The number of nitrogen functional groups attached to an aromatic ring is 1. The van der Waals surface area contributed by atoms with Crippen molar-refractivity contribution in [1.29, 1.82) is 0 Å². The maximum Gasteiger partial charge on any atom is 0.219 e. The number of likely N-dealkylation sites (tertiary alicyclic amines) is 1. The molecule has 12 heteroatoms. The molecule has 7 rings (SSSR count). The molecule has 1 fully saturated rings. The third kappa shape index (κ3) is 4.89. The first-order valence-electron chi connectivity index (χ1n) is 14.3. The van der Waals surface area contributed by atoms with Gasteiger partial charge in [0.25, 0.3) is 0 Å². The first-order chi connectivity index (χ1) is 21.1. The van der Waals surface area contributed by atoms with Gasteiger partial charge in [0.1, 0.15) is 11.5 Å². The fourth-order valence-corrected chi connectivity index (χ4v) is 6.38. The van der Waals surface area contributed by atoms with Crippen LogP contribution in [0.15, 0.2) is 54.9 Å². The van der Waals surface area contributed by atoms with Crippen LogP contribution in [0.1, 0.15) is 32.7 Å². The molecule has 5 heterocycles. The first-order valence-corrected chi connectivity index (χ1v) is 14.3. The Labute approximate surface area is 251 Å². The number of carbonyl (C=O) groups is 1. The van der Waals surface area contributed by atoms with Crippen LogP contribution in [0.5, 0.6) is 11.6 Å². The predicted octanol–water partition coefficient (Wildman–Crippen LogP) is 4.95. The van der Waals surface area contributed by atoms with Crippen LogP contribution in [0, 0.1) is 18.6 Å². The Morgan fingerprint density at radius 3 is 2.64 bits per heavy atom. The number of ether oxygens (including phenoxy) is 1. The summed E-state index contributed by atoms with van der Waals surface area (Å²) in [6.45, 7) is 4.51. The molecule has 2 aliphatic rings. The number of nitrogens with two attached hydrogens (primary N) is 1. The summed E-state index contributed by atoms with van der Waals surface area (Å²) in [5.74, 6) is -2.46. The first kappa shape index (κ1) is 28.1. The maximum atomic E-state index is 14.9. The van der Waals surface area contributed by atoms with Gasteiger partial charge >= 0.3 is 0 Å². The fraction of sp³-hybridized carbons (Fsp3) is 0.281. The van der Waals surface area contributed by atoms with Gasteiger partial charge in [-0.2, -0.15) is 5.10 Å². The molecule has 0 spiro atoms. The molecule has 0 aliphatic carbocycles. The van der Waals surface area contributed by atoms with Crippen molar-refractivity contribution < 1.29 is 22.7 Å². The third-order valence-corrected chi connectivity index (χ3v) is 8.41. The highest BCUT2D eigenvalue weighted by molar-refractivity contribution is 6.12. The number of H-pyrrole nitrogens is 1.